The van der Waals surface area contributed by atoms with Crippen LogP contribution in [0.1, 0.15) is 50.1 Å². The van der Waals surface area contributed by atoms with E-state index in [4.69, 9.17) is 56.4 Å². The van der Waals surface area contributed by atoms with Gasteiger partial charge in [-0.15, -0.1) is 22.7 Å². The molecule has 0 bridgehead atoms. The van der Waals surface area contributed by atoms with Crippen molar-refractivity contribution in [1.82, 2.24) is 50.2 Å². The highest BCUT2D eigenvalue weighted by molar-refractivity contribution is 8.14. The molecule has 0 radical (unpaired) electrons. The molecule has 6 heterocycles. The number of nitriles is 1. The van der Waals surface area contributed by atoms with E-state index in [-0.39, 0.29) is 47.7 Å². The maximum absolute atomic E-state index is 10.5. The molecule has 2 aliphatic heterocycles. The van der Waals surface area contributed by atoms with Gasteiger partial charge < -0.3 is 35.0 Å². The Hall–Kier alpha value is -5.20. The van der Waals surface area contributed by atoms with Gasteiger partial charge in [0.25, 0.3) is 11.9 Å². The molecule has 0 unspecified atom stereocenters. The molecule has 22 nitrogen and oxygen atoms in total. The van der Waals surface area contributed by atoms with Gasteiger partial charge in [-0.3, -0.25) is 4.99 Å². The number of nitrogens with zero attached hydrogens (tertiary/aromatic N) is 15. The molecule has 0 aromatic carbocycles. The van der Waals surface area contributed by atoms with Gasteiger partial charge in [0, 0.05) is 88.1 Å². The highest BCUT2D eigenvalue weighted by atomic mass is 35.5. The maximum atomic E-state index is 10.5. The number of thiazole rings is 2. The van der Waals surface area contributed by atoms with E-state index in [2.05, 4.69) is 55.7 Å². The third-order valence-corrected chi connectivity index (χ3v) is 11.5. The molecule has 0 saturated carbocycles. The molecule has 2 aliphatic rings. The molecule has 2 saturated heterocycles. The summed E-state index contributed by atoms with van der Waals surface area (Å²) in [6.45, 7) is 5.68. The summed E-state index contributed by atoms with van der Waals surface area (Å²) in [6.07, 6.45) is 8.50. The lowest BCUT2D eigenvalue weighted by Gasteiger charge is -2.34. The number of thioether (sulfide) groups is 1. The van der Waals surface area contributed by atoms with E-state index in [1.165, 1.54) is 35.3 Å². The van der Waals surface area contributed by atoms with Crippen LogP contribution in [0.15, 0.2) is 69.2 Å². The van der Waals surface area contributed by atoms with E-state index in [9.17, 15) is 20.2 Å². The van der Waals surface area contributed by atoms with E-state index in [1.807, 2.05) is 43.4 Å². The smallest absolute Gasteiger partial charge is 0.277 e. The molecule has 0 amide bonds. The molecular formula is C37H53Cl4N17O5S3. The lowest BCUT2D eigenvalue weighted by Crippen LogP contribution is -2.49. The van der Waals surface area contributed by atoms with Crippen molar-refractivity contribution in [1.29, 1.82) is 5.26 Å². The number of pyridine rings is 2. The zero-order valence-electron chi connectivity index (χ0n) is 34.3. The number of rotatable bonds is 10. The van der Waals surface area contributed by atoms with Crippen LogP contribution in [0.5, 0.6) is 0 Å². The summed E-state index contributed by atoms with van der Waals surface area (Å²) < 4.78 is 6.15. The van der Waals surface area contributed by atoms with Gasteiger partial charge in [-0.25, -0.2) is 40.2 Å². The molecule has 2 fully saturated rings. The average Bonchev–Trinajstić information content (AvgIpc) is 4.00. The van der Waals surface area contributed by atoms with Crippen molar-refractivity contribution in [3.8, 4) is 6.19 Å². The van der Waals surface area contributed by atoms with Crippen LogP contribution in [0.25, 0.3) is 0 Å². The van der Waals surface area contributed by atoms with E-state index in [1.54, 1.807) is 66.4 Å². The minimum absolute atomic E-state index is 0. The van der Waals surface area contributed by atoms with Crippen LogP contribution in [-0.2, 0) is 30.9 Å². The Morgan fingerprint density at radius 2 is 1.52 bits per heavy atom. The fourth-order valence-corrected chi connectivity index (χ4v) is 7.96. The Morgan fingerprint density at radius 3 is 2.02 bits per heavy atom. The number of hydrogen-bond acceptors (Lipinski definition) is 15. The number of aromatic nitrogens is 4. The molecule has 0 aliphatic carbocycles. The number of hydrogen-bond donors (Lipinski definition) is 2. The highest BCUT2D eigenvalue weighted by Crippen LogP contribution is 2.22. The van der Waals surface area contributed by atoms with Crippen molar-refractivity contribution >= 4 is 104 Å². The van der Waals surface area contributed by atoms with Crippen molar-refractivity contribution in [2.45, 2.75) is 55.4 Å². The Morgan fingerprint density at radius 1 is 0.909 bits per heavy atom. The normalized spacial score (nSPS) is 14.3. The number of aliphatic imine (C=N–C) groups is 2. The van der Waals surface area contributed by atoms with Crippen molar-refractivity contribution in [3.63, 3.8) is 0 Å². The van der Waals surface area contributed by atoms with Gasteiger partial charge in [-0.1, -0.05) is 92.6 Å². The summed E-state index contributed by atoms with van der Waals surface area (Å²) in [4.78, 5) is 53.4. The van der Waals surface area contributed by atoms with Crippen LogP contribution < -0.4 is 10.6 Å². The van der Waals surface area contributed by atoms with E-state index >= 15 is 0 Å². The van der Waals surface area contributed by atoms with Crippen LogP contribution in [0.2, 0.25) is 19.2 Å². The maximum Gasteiger partial charge on any atom is 0.277 e. The van der Waals surface area contributed by atoms with Crippen LogP contribution >= 0.6 is 80.8 Å². The standard InChI is InChI=1S/C10H11ClN4.C10H12ClN3S.C8H10ClN5O3S.C6H8ClN5O2S.3CH4/c1-8(14-7-12)15(2)6-9-3-4-10(11)13-5-9;1-12-10-14(4-5-15-10)7-8-2-3-9(11)13-6-8;1-12-4-17-5-13(8(12)11-14(15)16)3-6-2-10-7(9)18-6;1-8-6(11-12(13)14)10-3-4-2-9-5(7)15-4;;;/h3-5H,6H2,1-2H3;2-3,6H,4-5,7H2,1H3;2H,3-5H2,1H3;2H,3H2,1H3,(H2,8,10,11);3*1H4/b;;11-8+;;;;. The first kappa shape index (κ1) is 60.8. The van der Waals surface area contributed by atoms with Gasteiger partial charge in [0.1, 0.15) is 39.8 Å². The zero-order chi connectivity index (χ0) is 46.3. The van der Waals surface area contributed by atoms with Crippen LogP contribution in [0.3, 0.4) is 0 Å². The van der Waals surface area contributed by atoms with Crippen molar-refractivity contribution in [3.05, 3.63) is 109 Å². The SMILES string of the molecule is C.C.C.CC(=NC#N)N(C)Cc1ccc(Cl)nc1.CN/C(=N\[N+](=O)[O-])NCc1cnc(Cl)s1.CN1COCN(Cc2cnc(Cl)s2)/C1=N/[N+](=O)[O-].CN=C1SCCN1Cc1ccc(Cl)nc1. The van der Waals surface area contributed by atoms with Crippen LogP contribution in [0, 0.1) is 31.7 Å². The molecule has 4 aromatic heterocycles. The number of amidine groups is 2. The molecule has 362 valence electrons. The highest BCUT2D eigenvalue weighted by Gasteiger charge is 2.25. The van der Waals surface area contributed by atoms with Gasteiger partial charge in [-0.2, -0.15) is 10.3 Å². The molecular weight excluding hydrogens is 1000 g/mol. The lowest BCUT2D eigenvalue weighted by atomic mass is 10.3. The summed E-state index contributed by atoms with van der Waals surface area (Å²) >= 11 is 27.2. The second-order valence-electron chi connectivity index (χ2n) is 12.3. The van der Waals surface area contributed by atoms with Crippen LogP contribution in [0.4, 0.5) is 0 Å². The van der Waals surface area contributed by atoms with Crippen molar-refractivity contribution in [2.24, 2.45) is 20.2 Å². The largest absolute Gasteiger partial charge is 0.358 e. The number of halogens is 4. The molecule has 4 aromatic rings. The number of guanidine groups is 2. The molecule has 0 spiro atoms. The monoisotopic (exact) mass is 1050 g/mol. The summed E-state index contributed by atoms with van der Waals surface area (Å²) in [5, 5.41) is 41.4. The quantitative estimate of drug-likeness (QED) is 0.0382. The Labute approximate surface area is 416 Å². The van der Waals surface area contributed by atoms with Gasteiger partial charge in [0.2, 0.25) is 6.19 Å². The molecule has 0 atom stereocenters. The topological polar surface area (TPSA) is 257 Å². The molecule has 66 heavy (non-hydrogen) atoms. The van der Waals surface area contributed by atoms with Gasteiger partial charge in [-0.05, 0) is 30.2 Å². The van der Waals surface area contributed by atoms with Gasteiger partial charge >= 0.3 is 0 Å². The second kappa shape index (κ2) is 32.5. The Balaban J connectivity index is 0.000000844. The summed E-state index contributed by atoms with van der Waals surface area (Å²) in [5.74, 6) is 2.14. The lowest BCUT2D eigenvalue weighted by molar-refractivity contribution is -0.486. The van der Waals surface area contributed by atoms with E-state index < -0.39 is 10.1 Å². The van der Waals surface area contributed by atoms with E-state index in [0.717, 1.165) is 39.3 Å². The first-order valence-electron chi connectivity index (χ1n) is 17.9. The Kier molecular flexibility index (Phi) is 29.9. The zero-order valence-corrected chi connectivity index (χ0v) is 39.7. The van der Waals surface area contributed by atoms with Gasteiger partial charge in [0.05, 0.1) is 13.1 Å². The summed E-state index contributed by atoms with van der Waals surface area (Å²) in [6, 6.07) is 7.46. The number of nitrogens with one attached hydrogen (secondary N) is 2. The number of nitro groups is 2. The Bertz CT molecular complexity index is 2240. The predicted molar refractivity (Wildman–Crippen MR) is 268 cm³/mol. The molecule has 6 rings (SSSR count). The summed E-state index contributed by atoms with van der Waals surface area (Å²) in [5.41, 5.74) is 2.19. The fraction of sp³-hybridized carbons (Fsp3) is 0.432. The number of hydrazone groups is 2. The summed E-state index contributed by atoms with van der Waals surface area (Å²) in [7, 11) is 6.91. The first-order valence-corrected chi connectivity index (χ1v) is 22.0. The third kappa shape index (κ3) is 22.8. The average molecular weight is 1050 g/mol. The van der Waals surface area contributed by atoms with Crippen molar-refractivity contribution < 1.29 is 14.8 Å². The fourth-order valence-electron chi connectivity index (χ4n) is 4.86. The minimum atomic E-state index is -0.779. The van der Waals surface area contributed by atoms with E-state index in [0.29, 0.717) is 44.7 Å². The minimum Gasteiger partial charge on any atom is -0.358 e. The number of ether oxygens (including phenoxy) is 1. The molecule has 2 N–H and O–H groups in total. The third-order valence-electron chi connectivity index (χ3n) is 7.76. The first-order chi connectivity index (χ1) is 30.1. The predicted octanol–water partition coefficient (Wildman–Crippen LogP) is 7.92. The van der Waals surface area contributed by atoms with Crippen LogP contribution in [-0.4, -0.2) is 126 Å². The van der Waals surface area contributed by atoms with Gasteiger partial charge in [0.15, 0.2) is 24.2 Å². The molecule has 29 heteroatoms. The second-order valence-corrected chi connectivity index (χ2v) is 17.5. The van der Waals surface area contributed by atoms with Crippen molar-refractivity contribution in [2.75, 3.05) is 53.9 Å².